The van der Waals surface area contributed by atoms with Gasteiger partial charge in [-0.05, 0) is 31.9 Å². The lowest BCUT2D eigenvalue weighted by atomic mass is 9.80. The number of amidine groups is 1. The van der Waals surface area contributed by atoms with Gasteiger partial charge in [0, 0.05) is 23.2 Å². The van der Waals surface area contributed by atoms with Crippen molar-refractivity contribution in [3.8, 4) is 0 Å². The Morgan fingerprint density at radius 1 is 1.44 bits per heavy atom. The Morgan fingerprint density at radius 3 is 3.07 bits per heavy atom. The van der Waals surface area contributed by atoms with Gasteiger partial charge in [0.2, 0.25) is 0 Å². The van der Waals surface area contributed by atoms with Gasteiger partial charge in [0.25, 0.3) is 5.91 Å². The van der Waals surface area contributed by atoms with Crippen molar-refractivity contribution >= 4 is 40.0 Å². The van der Waals surface area contributed by atoms with Crippen molar-refractivity contribution in [2.24, 2.45) is 16.6 Å². The Balaban J connectivity index is 1.58. The van der Waals surface area contributed by atoms with E-state index in [2.05, 4.69) is 22.2 Å². The molecule has 27 heavy (non-hydrogen) atoms. The van der Waals surface area contributed by atoms with Crippen molar-refractivity contribution in [2.75, 3.05) is 17.7 Å². The highest BCUT2D eigenvalue weighted by Crippen LogP contribution is 2.46. The van der Waals surface area contributed by atoms with Crippen molar-refractivity contribution in [2.45, 2.75) is 31.9 Å². The molecule has 0 radical (unpaired) electrons. The van der Waals surface area contributed by atoms with Crippen LogP contribution in [0.3, 0.4) is 0 Å². The van der Waals surface area contributed by atoms with Gasteiger partial charge in [-0.1, -0.05) is 17.8 Å². The van der Waals surface area contributed by atoms with E-state index in [9.17, 15) is 4.79 Å². The molecule has 2 aromatic heterocycles. The third kappa shape index (κ3) is 3.59. The zero-order valence-corrected chi connectivity index (χ0v) is 16.8. The summed E-state index contributed by atoms with van der Waals surface area (Å²) in [6.07, 6.45) is 2.78. The predicted molar refractivity (Wildman–Crippen MR) is 108 cm³/mol. The summed E-state index contributed by atoms with van der Waals surface area (Å²) >= 11 is 3.06. The number of nitrogens with two attached hydrogens (primary N) is 1. The number of fused-ring (bicyclic) bond motifs is 1. The number of amides is 1. The number of thioether (sulfide) groups is 1. The number of aryl methyl sites for hydroxylation is 1. The van der Waals surface area contributed by atoms with E-state index in [1.54, 1.807) is 24.0 Å². The van der Waals surface area contributed by atoms with Crippen molar-refractivity contribution < 1.29 is 9.53 Å². The van der Waals surface area contributed by atoms with Gasteiger partial charge in [-0.3, -0.25) is 9.78 Å². The second kappa shape index (κ2) is 7.21. The molecule has 2 aliphatic rings. The van der Waals surface area contributed by atoms with E-state index in [0.29, 0.717) is 29.2 Å². The van der Waals surface area contributed by atoms with Crippen LogP contribution in [0.15, 0.2) is 28.7 Å². The highest BCUT2D eigenvalue weighted by Gasteiger charge is 2.49. The summed E-state index contributed by atoms with van der Waals surface area (Å²) in [6, 6.07) is 3.56. The number of rotatable bonds is 3. The van der Waals surface area contributed by atoms with E-state index in [4.69, 9.17) is 15.5 Å². The summed E-state index contributed by atoms with van der Waals surface area (Å²) in [5.74, 6) is 1.43. The lowest BCUT2D eigenvalue weighted by Gasteiger charge is -2.44. The summed E-state index contributed by atoms with van der Waals surface area (Å²) in [4.78, 5) is 26.0. The SMILES string of the molecule is Cc1ccc(C(=O)Nc2csc(C34COC(C)CC3CSC(N)=N4)n2)nc1. The molecule has 3 atom stereocenters. The Labute approximate surface area is 165 Å². The number of pyridine rings is 1. The molecule has 0 aliphatic carbocycles. The average Bonchev–Trinajstić information content (AvgIpc) is 3.11. The van der Waals surface area contributed by atoms with Crippen LogP contribution in [0.5, 0.6) is 0 Å². The first-order valence-electron chi connectivity index (χ1n) is 8.76. The van der Waals surface area contributed by atoms with Crippen molar-refractivity contribution in [1.82, 2.24) is 9.97 Å². The van der Waals surface area contributed by atoms with E-state index < -0.39 is 5.54 Å². The molecule has 7 nitrogen and oxygen atoms in total. The molecule has 2 aliphatic heterocycles. The number of nitrogens with one attached hydrogen (secondary N) is 1. The zero-order chi connectivity index (χ0) is 19.0. The van der Waals surface area contributed by atoms with Crippen molar-refractivity contribution in [1.29, 1.82) is 0 Å². The molecule has 1 saturated heterocycles. The number of aromatic nitrogens is 2. The van der Waals surface area contributed by atoms with Crippen LogP contribution in [0.1, 0.15) is 34.4 Å². The molecule has 142 valence electrons. The molecule has 9 heteroatoms. The molecule has 0 aromatic carbocycles. The molecule has 4 heterocycles. The number of carbonyl (C=O) groups is 1. The number of thiazole rings is 1. The third-order valence-corrected chi connectivity index (χ3v) is 6.85. The second-order valence-corrected chi connectivity index (χ2v) is 8.85. The van der Waals surface area contributed by atoms with Gasteiger partial charge in [-0.25, -0.2) is 9.98 Å². The highest BCUT2D eigenvalue weighted by molar-refractivity contribution is 8.13. The fraction of sp³-hybridized carbons (Fsp3) is 0.444. The minimum atomic E-state index is -0.558. The van der Waals surface area contributed by atoms with Crippen LogP contribution < -0.4 is 11.1 Å². The molecular weight excluding hydrogens is 382 g/mol. The number of ether oxygens (including phenoxy) is 1. The van der Waals surface area contributed by atoms with Crippen LogP contribution in [0.2, 0.25) is 0 Å². The smallest absolute Gasteiger partial charge is 0.275 e. The summed E-state index contributed by atoms with van der Waals surface area (Å²) in [6.45, 7) is 4.47. The average molecular weight is 404 g/mol. The van der Waals surface area contributed by atoms with Crippen molar-refractivity contribution in [3.05, 3.63) is 40.0 Å². The summed E-state index contributed by atoms with van der Waals surface area (Å²) < 4.78 is 5.92. The van der Waals surface area contributed by atoms with E-state index in [0.717, 1.165) is 22.7 Å². The Kier molecular flexibility index (Phi) is 4.92. The van der Waals surface area contributed by atoms with Crippen LogP contribution in [0, 0.1) is 12.8 Å². The van der Waals surface area contributed by atoms with E-state index in [1.165, 1.54) is 11.3 Å². The minimum absolute atomic E-state index is 0.199. The molecule has 4 rings (SSSR count). The molecule has 0 bridgehead atoms. The van der Waals surface area contributed by atoms with Gasteiger partial charge in [-0.15, -0.1) is 11.3 Å². The Morgan fingerprint density at radius 2 is 2.30 bits per heavy atom. The monoisotopic (exact) mass is 403 g/mol. The van der Waals surface area contributed by atoms with E-state index in [-0.39, 0.29) is 12.0 Å². The van der Waals surface area contributed by atoms with Gasteiger partial charge in [0.05, 0.1) is 12.7 Å². The summed E-state index contributed by atoms with van der Waals surface area (Å²) in [5.41, 5.74) is 6.84. The fourth-order valence-electron chi connectivity index (χ4n) is 3.39. The van der Waals surface area contributed by atoms with Crippen LogP contribution in [-0.4, -0.2) is 39.5 Å². The molecule has 0 spiro atoms. The molecular formula is C18H21N5O2S2. The standard InChI is InChI=1S/C18H21N5O2S2/c1-10-3-4-13(20-6-10)15(24)21-14-8-26-16(22-14)18-9-25-11(2)5-12(18)7-27-17(19)23-18/h3-4,6,8,11-12H,5,7,9H2,1-2H3,(H2,19,23)(H,21,24). The predicted octanol–water partition coefficient (Wildman–Crippen LogP) is 2.78. The maximum Gasteiger partial charge on any atom is 0.275 e. The number of hydrogen-bond acceptors (Lipinski definition) is 8. The van der Waals surface area contributed by atoms with Gasteiger partial charge in [-0.2, -0.15) is 0 Å². The zero-order valence-electron chi connectivity index (χ0n) is 15.1. The molecule has 1 amide bonds. The quantitative estimate of drug-likeness (QED) is 0.817. The Hall–Kier alpha value is -1.97. The third-order valence-electron chi connectivity index (χ3n) is 4.88. The van der Waals surface area contributed by atoms with Gasteiger partial charge >= 0.3 is 0 Å². The van der Waals surface area contributed by atoms with Gasteiger partial charge < -0.3 is 15.8 Å². The van der Waals surface area contributed by atoms with Crippen LogP contribution in [0.25, 0.3) is 0 Å². The van der Waals surface area contributed by atoms with Gasteiger partial charge in [0.15, 0.2) is 5.17 Å². The van der Waals surface area contributed by atoms with Crippen LogP contribution in [0.4, 0.5) is 5.82 Å². The highest BCUT2D eigenvalue weighted by atomic mass is 32.2. The second-order valence-electron chi connectivity index (χ2n) is 6.95. The maximum absolute atomic E-state index is 12.4. The van der Waals surface area contributed by atoms with E-state index >= 15 is 0 Å². The number of nitrogens with zero attached hydrogens (tertiary/aromatic N) is 3. The first kappa shape index (κ1) is 18.4. The first-order chi connectivity index (χ1) is 13.0. The largest absolute Gasteiger partial charge is 0.379 e. The first-order valence-corrected chi connectivity index (χ1v) is 10.6. The van der Waals surface area contributed by atoms with Crippen molar-refractivity contribution in [3.63, 3.8) is 0 Å². The van der Waals surface area contributed by atoms with E-state index in [1.807, 2.05) is 18.4 Å². The van der Waals surface area contributed by atoms with Crippen LogP contribution in [-0.2, 0) is 10.3 Å². The van der Waals surface area contributed by atoms with Gasteiger partial charge in [0.1, 0.15) is 22.1 Å². The Bertz CT molecular complexity index is 882. The molecule has 1 fully saturated rings. The maximum atomic E-state index is 12.4. The fourth-order valence-corrected chi connectivity index (χ4v) is 5.36. The minimum Gasteiger partial charge on any atom is -0.379 e. The lowest BCUT2D eigenvalue weighted by molar-refractivity contribution is -0.0466. The number of aliphatic imine (C=N–C) groups is 1. The number of carbonyl (C=O) groups excluding carboxylic acids is 1. The molecule has 3 N–H and O–H groups in total. The molecule has 3 unspecified atom stereocenters. The number of anilines is 1. The van der Waals surface area contributed by atoms with Crippen LogP contribution >= 0.6 is 23.1 Å². The topological polar surface area (TPSA) is 102 Å². The normalized spacial score (nSPS) is 27.6. The molecule has 0 saturated carbocycles. The number of hydrogen-bond donors (Lipinski definition) is 2. The summed E-state index contributed by atoms with van der Waals surface area (Å²) in [7, 11) is 0. The lowest BCUT2D eigenvalue weighted by Crippen LogP contribution is -2.49. The summed E-state index contributed by atoms with van der Waals surface area (Å²) in [5, 5.41) is 6.05. The molecule has 2 aromatic rings.